The highest BCUT2D eigenvalue weighted by Crippen LogP contribution is 2.18. The van der Waals surface area contributed by atoms with Crippen LogP contribution in [0.2, 0.25) is 0 Å². The number of carbonyl (C=O) groups excluding carboxylic acids is 1. The Kier molecular flexibility index (Phi) is 5.59. The first-order valence-corrected chi connectivity index (χ1v) is 7.15. The normalized spacial score (nSPS) is 18.2. The molecule has 1 saturated heterocycles. The second kappa shape index (κ2) is 7.65. The van der Waals surface area contributed by atoms with Crippen LogP contribution in [-0.4, -0.2) is 43.7 Å². The summed E-state index contributed by atoms with van der Waals surface area (Å²) in [5.74, 6) is 0.624. The molecule has 0 aromatic heterocycles. The van der Waals surface area contributed by atoms with Gasteiger partial charge in [0, 0.05) is 6.54 Å². The third-order valence-electron chi connectivity index (χ3n) is 3.69. The van der Waals surface area contributed by atoms with E-state index in [-0.39, 0.29) is 12.0 Å². The molecule has 1 aromatic rings. The zero-order valence-corrected chi connectivity index (χ0v) is 12.2. The number of esters is 1. The molecule has 1 aromatic carbocycles. The van der Waals surface area contributed by atoms with E-state index in [2.05, 4.69) is 11.0 Å². The smallest absolute Gasteiger partial charge is 0.323 e. The predicted octanol–water partition coefficient (Wildman–Crippen LogP) is 1.77. The van der Waals surface area contributed by atoms with Crippen LogP contribution in [0, 0.1) is 11.3 Å². The Morgan fingerprint density at radius 1 is 1.43 bits per heavy atom. The van der Waals surface area contributed by atoms with E-state index in [1.54, 1.807) is 0 Å². The highest BCUT2D eigenvalue weighted by atomic mass is 16.5. The highest BCUT2D eigenvalue weighted by molar-refractivity contribution is 5.75. The van der Waals surface area contributed by atoms with Gasteiger partial charge in [-0.2, -0.15) is 5.26 Å². The monoisotopic (exact) mass is 288 g/mol. The van der Waals surface area contributed by atoms with E-state index in [1.807, 2.05) is 24.3 Å². The summed E-state index contributed by atoms with van der Waals surface area (Å²) in [6.45, 7) is 2.15. The van der Waals surface area contributed by atoms with E-state index in [9.17, 15) is 4.79 Å². The molecule has 1 atom stereocenters. The van der Waals surface area contributed by atoms with E-state index in [4.69, 9.17) is 14.7 Å². The van der Waals surface area contributed by atoms with Crippen molar-refractivity contribution in [3.8, 4) is 11.8 Å². The molecule has 1 fully saturated rings. The number of nitriles is 1. The number of carbonyl (C=O) groups is 1. The van der Waals surface area contributed by atoms with Gasteiger partial charge in [-0.25, -0.2) is 0 Å². The van der Waals surface area contributed by atoms with Gasteiger partial charge in [0.2, 0.25) is 0 Å². The summed E-state index contributed by atoms with van der Waals surface area (Å²) in [6.07, 6.45) is 2.28. The molecule has 1 heterocycles. The number of hydrogen-bond donors (Lipinski definition) is 0. The van der Waals surface area contributed by atoms with Crippen LogP contribution in [-0.2, 0) is 16.0 Å². The molecule has 2 rings (SSSR count). The fraction of sp³-hybridized carbons (Fsp3) is 0.500. The van der Waals surface area contributed by atoms with Gasteiger partial charge in [-0.15, -0.1) is 0 Å². The minimum Gasteiger partial charge on any atom is -0.492 e. The zero-order chi connectivity index (χ0) is 15.1. The summed E-state index contributed by atoms with van der Waals surface area (Å²) in [5, 5.41) is 8.62. The molecule has 0 N–H and O–H groups in total. The Morgan fingerprint density at radius 2 is 2.19 bits per heavy atom. The van der Waals surface area contributed by atoms with Gasteiger partial charge in [0.1, 0.15) is 18.4 Å². The molecule has 1 aliphatic rings. The average molecular weight is 288 g/mol. The van der Waals surface area contributed by atoms with Gasteiger partial charge in [-0.3, -0.25) is 9.69 Å². The third-order valence-corrected chi connectivity index (χ3v) is 3.69. The summed E-state index contributed by atoms with van der Waals surface area (Å²) in [4.78, 5) is 13.7. The summed E-state index contributed by atoms with van der Waals surface area (Å²) >= 11 is 0. The standard InChI is InChI=1S/C16H20N2O3/c1-20-16(19)15-3-2-10-18(15)11-12-21-14-6-4-13(5-7-14)8-9-17/h4-7,15H,2-3,8,10-12H2,1H3/t15-/m0/s1. The molecule has 0 saturated carbocycles. The van der Waals surface area contributed by atoms with Crippen LogP contribution in [0.25, 0.3) is 0 Å². The number of ether oxygens (including phenoxy) is 2. The van der Waals surface area contributed by atoms with Gasteiger partial charge in [0.05, 0.1) is 19.6 Å². The van der Waals surface area contributed by atoms with Crippen molar-refractivity contribution in [1.29, 1.82) is 5.26 Å². The van der Waals surface area contributed by atoms with Gasteiger partial charge < -0.3 is 9.47 Å². The predicted molar refractivity (Wildman–Crippen MR) is 77.9 cm³/mol. The second-order valence-electron chi connectivity index (χ2n) is 5.04. The first-order valence-electron chi connectivity index (χ1n) is 7.15. The van der Waals surface area contributed by atoms with Crippen LogP contribution in [0.4, 0.5) is 0 Å². The molecule has 0 amide bonds. The van der Waals surface area contributed by atoms with Gasteiger partial charge in [0.15, 0.2) is 0 Å². The molecule has 0 spiro atoms. The molecule has 21 heavy (non-hydrogen) atoms. The zero-order valence-electron chi connectivity index (χ0n) is 12.2. The number of nitrogens with zero attached hydrogens (tertiary/aromatic N) is 2. The van der Waals surface area contributed by atoms with Gasteiger partial charge >= 0.3 is 5.97 Å². The minimum absolute atomic E-state index is 0.128. The first-order chi connectivity index (χ1) is 10.2. The average Bonchev–Trinajstić information content (AvgIpc) is 2.97. The molecule has 5 heteroatoms. The number of likely N-dealkylation sites (tertiary alicyclic amines) is 1. The molecule has 0 bridgehead atoms. The lowest BCUT2D eigenvalue weighted by Crippen LogP contribution is -2.39. The number of rotatable bonds is 6. The van der Waals surface area contributed by atoms with Gasteiger partial charge in [-0.1, -0.05) is 12.1 Å². The third kappa shape index (κ3) is 4.20. The quantitative estimate of drug-likeness (QED) is 0.747. The second-order valence-corrected chi connectivity index (χ2v) is 5.04. The summed E-state index contributed by atoms with van der Waals surface area (Å²) in [7, 11) is 1.43. The number of methoxy groups -OCH3 is 1. The molecule has 112 valence electrons. The number of hydrogen-bond acceptors (Lipinski definition) is 5. The Bertz CT molecular complexity index is 507. The fourth-order valence-corrected chi connectivity index (χ4v) is 2.57. The molecule has 1 aliphatic heterocycles. The van der Waals surface area contributed by atoms with Crippen LogP contribution < -0.4 is 4.74 Å². The van der Waals surface area contributed by atoms with Crippen molar-refractivity contribution in [3.05, 3.63) is 29.8 Å². The molecule has 0 aliphatic carbocycles. The van der Waals surface area contributed by atoms with Crippen LogP contribution in [0.3, 0.4) is 0 Å². The van der Waals surface area contributed by atoms with E-state index in [0.717, 1.165) is 30.7 Å². The van der Waals surface area contributed by atoms with E-state index in [0.29, 0.717) is 19.6 Å². The highest BCUT2D eigenvalue weighted by Gasteiger charge is 2.30. The minimum atomic E-state index is -0.159. The van der Waals surface area contributed by atoms with E-state index in [1.165, 1.54) is 7.11 Å². The molecular weight excluding hydrogens is 268 g/mol. The first kappa shape index (κ1) is 15.3. The molecule has 5 nitrogen and oxygen atoms in total. The molecular formula is C16H20N2O3. The topological polar surface area (TPSA) is 62.6 Å². The maximum atomic E-state index is 11.6. The van der Waals surface area contributed by atoms with Crippen LogP contribution in [0.1, 0.15) is 18.4 Å². The maximum Gasteiger partial charge on any atom is 0.323 e. The van der Waals surface area contributed by atoms with Crippen molar-refractivity contribution < 1.29 is 14.3 Å². The van der Waals surface area contributed by atoms with Gasteiger partial charge in [0.25, 0.3) is 0 Å². The van der Waals surface area contributed by atoms with Crippen molar-refractivity contribution in [2.75, 3.05) is 26.8 Å². The Hall–Kier alpha value is -2.06. The van der Waals surface area contributed by atoms with Crippen LogP contribution in [0.5, 0.6) is 5.75 Å². The lowest BCUT2D eigenvalue weighted by Gasteiger charge is -2.22. The number of benzene rings is 1. The summed E-state index contributed by atoms with van der Waals surface area (Å²) in [5.41, 5.74) is 0.982. The SMILES string of the molecule is COC(=O)[C@@H]1CCCN1CCOc1ccc(CC#N)cc1. The van der Waals surface area contributed by atoms with Crippen molar-refractivity contribution >= 4 is 5.97 Å². The van der Waals surface area contributed by atoms with E-state index < -0.39 is 0 Å². The molecule has 0 radical (unpaired) electrons. The van der Waals surface area contributed by atoms with Crippen LogP contribution in [0.15, 0.2) is 24.3 Å². The Balaban J connectivity index is 1.78. The Morgan fingerprint density at radius 3 is 2.86 bits per heavy atom. The van der Waals surface area contributed by atoms with Crippen molar-refractivity contribution in [2.24, 2.45) is 0 Å². The van der Waals surface area contributed by atoms with Crippen molar-refractivity contribution in [3.63, 3.8) is 0 Å². The van der Waals surface area contributed by atoms with Crippen molar-refractivity contribution in [2.45, 2.75) is 25.3 Å². The van der Waals surface area contributed by atoms with Gasteiger partial charge in [-0.05, 0) is 37.1 Å². The maximum absolute atomic E-state index is 11.6. The lowest BCUT2D eigenvalue weighted by atomic mass is 10.2. The largest absolute Gasteiger partial charge is 0.492 e. The Labute approximate surface area is 125 Å². The summed E-state index contributed by atoms with van der Waals surface area (Å²) < 4.78 is 10.5. The van der Waals surface area contributed by atoms with E-state index >= 15 is 0 Å². The van der Waals surface area contributed by atoms with Crippen LogP contribution >= 0.6 is 0 Å². The molecule has 0 unspecified atom stereocenters. The lowest BCUT2D eigenvalue weighted by molar-refractivity contribution is -0.145. The van der Waals surface area contributed by atoms with Crippen molar-refractivity contribution in [1.82, 2.24) is 4.90 Å². The summed E-state index contributed by atoms with van der Waals surface area (Å²) in [6, 6.07) is 9.51. The fourth-order valence-electron chi connectivity index (χ4n) is 2.57.